The number of Topliss-reactive ketones (excluding diaryl/α,β-unsaturated/α-hetero) is 2. The van der Waals surface area contributed by atoms with Gasteiger partial charge in [0.25, 0.3) is 0 Å². The molecule has 2 aliphatic heterocycles. The minimum atomic E-state index is -0.192. The molecule has 1 aromatic carbocycles. The van der Waals surface area contributed by atoms with E-state index in [9.17, 15) is 9.59 Å². The van der Waals surface area contributed by atoms with E-state index in [4.69, 9.17) is 4.74 Å². The Hall–Kier alpha value is -1.68. The van der Waals surface area contributed by atoms with Crippen molar-refractivity contribution < 1.29 is 14.3 Å². The van der Waals surface area contributed by atoms with Crippen LogP contribution in [0.25, 0.3) is 0 Å². The molecule has 4 nitrogen and oxygen atoms in total. The first-order valence-electron chi connectivity index (χ1n) is 9.17. The van der Waals surface area contributed by atoms with Gasteiger partial charge in [0, 0.05) is 6.42 Å². The molecule has 0 radical (unpaired) electrons. The number of hydrogen-bond donors (Lipinski definition) is 0. The molecule has 0 saturated carbocycles. The van der Waals surface area contributed by atoms with E-state index < -0.39 is 0 Å². The standard InChI is InChI=1S/C20H27NO3/c1-15(22)10-11-17-19(9-6-14-21-12-4-5-13-21)24-18-8-3-2-7-16(18)20(17)23/h2-3,7-8,17,19H,4-6,9-14H2,1H3. The first kappa shape index (κ1) is 17.2. The van der Waals surface area contributed by atoms with Crippen molar-refractivity contribution in [2.75, 3.05) is 19.6 Å². The van der Waals surface area contributed by atoms with Crippen molar-refractivity contribution in [1.29, 1.82) is 0 Å². The van der Waals surface area contributed by atoms with E-state index in [1.165, 1.54) is 25.9 Å². The Balaban J connectivity index is 1.66. The fourth-order valence-electron chi connectivity index (χ4n) is 3.84. The summed E-state index contributed by atoms with van der Waals surface area (Å²) in [4.78, 5) is 26.7. The summed E-state index contributed by atoms with van der Waals surface area (Å²) in [5.41, 5.74) is 0.668. The molecule has 0 aromatic heterocycles. The van der Waals surface area contributed by atoms with Gasteiger partial charge in [0.2, 0.25) is 0 Å². The van der Waals surface area contributed by atoms with Gasteiger partial charge in [-0.3, -0.25) is 4.79 Å². The molecule has 1 aromatic rings. The molecule has 2 atom stereocenters. The molecule has 2 unspecified atom stereocenters. The zero-order valence-electron chi connectivity index (χ0n) is 14.5. The van der Waals surface area contributed by atoms with Gasteiger partial charge in [-0.1, -0.05) is 12.1 Å². The first-order chi connectivity index (χ1) is 11.6. The van der Waals surface area contributed by atoms with Crippen LogP contribution in [0.2, 0.25) is 0 Å². The summed E-state index contributed by atoms with van der Waals surface area (Å²) in [6.07, 6.45) is 5.45. The Bertz CT molecular complexity index is 592. The molecule has 24 heavy (non-hydrogen) atoms. The maximum absolute atomic E-state index is 12.9. The zero-order chi connectivity index (χ0) is 16.9. The summed E-state index contributed by atoms with van der Waals surface area (Å²) in [6, 6.07) is 7.49. The maximum atomic E-state index is 12.9. The van der Waals surface area contributed by atoms with Crippen molar-refractivity contribution in [2.24, 2.45) is 5.92 Å². The molecule has 0 bridgehead atoms. The van der Waals surface area contributed by atoms with Crippen LogP contribution in [-0.2, 0) is 4.79 Å². The summed E-state index contributed by atoms with van der Waals surface area (Å²) in [5.74, 6) is 0.789. The fraction of sp³-hybridized carbons (Fsp3) is 0.600. The summed E-state index contributed by atoms with van der Waals surface area (Å²) in [7, 11) is 0. The number of benzene rings is 1. The van der Waals surface area contributed by atoms with Crippen molar-refractivity contribution in [1.82, 2.24) is 4.90 Å². The van der Waals surface area contributed by atoms with Crippen LogP contribution in [0.1, 0.15) is 55.8 Å². The van der Waals surface area contributed by atoms with Crippen molar-refractivity contribution in [3.8, 4) is 5.75 Å². The van der Waals surface area contributed by atoms with Crippen LogP contribution in [0.5, 0.6) is 5.75 Å². The Morgan fingerprint density at radius 1 is 1.21 bits per heavy atom. The number of carbonyl (C=O) groups is 2. The zero-order valence-corrected chi connectivity index (χ0v) is 14.5. The topological polar surface area (TPSA) is 46.6 Å². The van der Waals surface area contributed by atoms with Gasteiger partial charge in [0.05, 0.1) is 11.5 Å². The predicted molar refractivity (Wildman–Crippen MR) is 93.5 cm³/mol. The molecule has 130 valence electrons. The molecule has 0 spiro atoms. The number of hydrogen-bond acceptors (Lipinski definition) is 4. The lowest BCUT2D eigenvalue weighted by Crippen LogP contribution is -2.38. The van der Waals surface area contributed by atoms with E-state index in [1.54, 1.807) is 6.92 Å². The number of ketones is 2. The smallest absolute Gasteiger partial charge is 0.173 e. The maximum Gasteiger partial charge on any atom is 0.173 e. The number of nitrogens with zero attached hydrogens (tertiary/aromatic N) is 1. The van der Waals surface area contributed by atoms with Gasteiger partial charge >= 0.3 is 0 Å². The lowest BCUT2D eigenvalue weighted by Gasteiger charge is -2.33. The van der Waals surface area contributed by atoms with Gasteiger partial charge in [0.15, 0.2) is 5.78 Å². The van der Waals surface area contributed by atoms with Gasteiger partial charge in [0.1, 0.15) is 17.6 Å². The lowest BCUT2D eigenvalue weighted by atomic mass is 9.83. The Labute approximate surface area is 144 Å². The summed E-state index contributed by atoms with van der Waals surface area (Å²) < 4.78 is 6.16. The van der Waals surface area contributed by atoms with Crippen molar-refractivity contribution in [3.05, 3.63) is 29.8 Å². The van der Waals surface area contributed by atoms with E-state index >= 15 is 0 Å². The highest BCUT2D eigenvalue weighted by atomic mass is 16.5. The summed E-state index contributed by atoms with van der Waals surface area (Å²) in [5, 5.41) is 0. The number of likely N-dealkylation sites (tertiary alicyclic amines) is 1. The third kappa shape index (κ3) is 4.04. The largest absolute Gasteiger partial charge is 0.489 e. The van der Waals surface area contributed by atoms with Gasteiger partial charge in [-0.05, 0) is 70.8 Å². The fourth-order valence-corrected chi connectivity index (χ4v) is 3.84. The molecule has 4 heteroatoms. The van der Waals surface area contributed by atoms with Gasteiger partial charge < -0.3 is 14.4 Å². The monoisotopic (exact) mass is 329 g/mol. The third-order valence-corrected chi connectivity index (χ3v) is 5.19. The van der Waals surface area contributed by atoms with Crippen LogP contribution in [-0.4, -0.2) is 42.2 Å². The summed E-state index contributed by atoms with van der Waals surface area (Å²) in [6.45, 7) is 5.06. The lowest BCUT2D eigenvalue weighted by molar-refractivity contribution is -0.117. The van der Waals surface area contributed by atoms with E-state index in [0.29, 0.717) is 24.2 Å². The summed E-state index contributed by atoms with van der Waals surface area (Å²) >= 11 is 0. The predicted octanol–water partition coefficient (Wildman–Crippen LogP) is 3.49. The van der Waals surface area contributed by atoms with E-state index in [1.807, 2.05) is 24.3 Å². The van der Waals surface area contributed by atoms with Gasteiger partial charge in [-0.15, -0.1) is 0 Å². The first-order valence-corrected chi connectivity index (χ1v) is 9.17. The molecule has 1 saturated heterocycles. The molecule has 1 fully saturated rings. The minimum Gasteiger partial charge on any atom is -0.489 e. The van der Waals surface area contributed by atoms with Crippen molar-refractivity contribution in [3.63, 3.8) is 0 Å². The molecule has 2 heterocycles. The average Bonchev–Trinajstić information content (AvgIpc) is 3.07. The number of fused-ring (bicyclic) bond motifs is 1. The molecule has 0 amide bonds. The van der Waals surface area contributed by atoms with Crippen LogP contribution in [0.15, 0.2) is 24.3 Å². The van der Waals surface area contributed by atoms with E-state index in [-0.39, 0.29) is 23.6 Å². The van der Waals surface area contributed by atoms with Crippen LogP contribution >= 0.6 is 0 Å². The normalized spacial score (nSPS) is 23.8. The third-order valence-electron chi connectivity index (χ3n) is 5.19. The highest BCUT2D eigenvalue weighted by Crippen LogP contribution is 2.34. The van der Waals surface area contributed by atoms with Gasteiger partial charge in [-0.2, -0.15) is 0 Å². The Morgan fingerprint density at radius 2 is 1.96 bits per heavy atom. The van der Waals surface area contributed by atoms with Crippen LogP contribution < -0.4 is 4.74 Å². The highest BCUT2D eigenvalue weighted by Gasteiger charge is 2.36. The Morgan fingerprint density at radius 3 is 2.71 bits per heavy atom. The second-order valence-electron chi connectivity index (χ2n) is 7.05. The van der Waals surface area contributed by atoms with Crippen LogP contribution in [0.3, 0.4) is 0 Å². The molecular formula is C20H27NO3. The second-order valence-corrected chi connectivity index (χ2v) is 7.05. The Kier molecular flexibility index (Phi) is 5.67. The molecular weight excluding hydrogens is 302 g/mol. The van der Waals surface area contributed by atoms with Crippen molar-refractivity contribution in [2.45, 2.75) is 51.6 Å². The number of carbonyl (C=O) groups excluding carboxylic acids is 2. The number of rotatable bonds is 7. The number of para-hydroxylation sites is 1. The quantitative estimate of drug-likeness (QED) is 0.768. The van der Waals surface area contributed by atoms with Gasteiger partial charge in [-0.25, -0.2) is 0 Å². The average molecular weight is 329 g/mol. The van der Waals surface area contributed by atoms with Crippen molar-refractivity contribution >= 4 is 11.6 Å². The molecule has 3 rings (SSSR count). The highest BCUT2D eigenvalue weighted by molar-refractivity contribution is 6.01. The van der Waals surface area contributed by atoms with E-state index in [0.717, 1.165) is 19.4 Å². The number of ether oxygens (including phenoxy) is 1. The minimum absolute atomic E-state index is 0.102. The van der Waals surface area contributed by atoms with E-state index in [2.05, 4.69) is 4.90 Å². The SMILES string of the molecule is CC(=O)CCC1C(=O)c2ccccc2OC1CCCN1CCCC1. The second kappa shape index (κ2) is 7.93. The van der Waals surface area contributed by atoms with Crippen LogP contribution in [0, 0.1) is 5.92 Å². The molecule has 2 aliphatic rings. The van der Waals surface area contributed by atoms with Crippen LogP contribution in [0.4, 0.5) is 0 Å². The molecule has 0 N–H and O–H groups in total. The molecule has 0 aliphatic carbocycles.